The maximum atomic E-state index is 13.0. The van der Waals surface area contributed by atoms with E-state index < -0.39 is 0 Å². The topological polar surface area (TPSA) is 87.5 Å². The molecule has 8 nitrogen and oxygen atoms in total. The summed E-state index contributed by atoms with van der Waals surface area (Å²) < 4.78 is 2.15. The first kappa shape index (κ1) is 23.3. The quantitative estimate of drug-likeness (QED) is 0.370. The molecule has 2 N–H and O–H groups in total. The fourth-order valence-corrected chi connectivity index (χ4v) is 5.05. The second-order valence-corrected chi connectivity index (χ2v) is 9.38. The zero-order valence-electron chi connectivity index (χ0n) is 19.8. The molecule has 5 rings (SSSR count). The van der Waals surface area contributed by atoms with Crippen LogP contribution in [-0.2, 0) is 13.0 Å². The van der Waals surface area contributed by atoms with Gasteiger partial charge < -0.3 is 10.6 Å². The second-order valence-electron chi connectivity index (χ2n) is 8.55. The number of aromatic nitrogens is 4. The van der Waals surface area contributed by atoms with Gasteiger partial charge in [-0.1, -0.05) is 30.4 Å². The molecule has 0 spiro atoms. The molecule has 0 unspecified atom stereocenters. The van der Waals surface area contributed by atoms with E-state index in [1.54, 1.807) is 11.3 Å². The fraction of sp³-hybridized carbons (Fsp3) is 0.308. The third kappa shape index (κ3) is 5.64. The number of hydrogen-bond donors (Lipinski definition) is 2. The minimum atomic E-state index is -0.258. The number of allylic oxidation sites excluding steroid dienone is 4. The monoisotopic (exact) mass is 487 g/mol. The lowest BCUT2D eigenvalue weighted by molar-refractivity contribution is 0.0960. The zero-order valence-corrected chi connectivity index (χ0v) is 20.6. The van der Waals surface area contributed by atoms with Crippen molar-refractivity contribution >= 4 is 33.2 Å². The number of hydrogen-bond acceptors (Lipinski definition) is 7. The van der Waals surface area contributed by atoms with Gasteiger partial charge in [0.05, 0.1) is 22.9 Å². The number of rotatable bonds is 8. The van der Waals surface area contributed by atoms with Crippen LogP contribution in [-0.4, -0.2) is 56.3 Å². The van der Waals surface area contributed by atoms with Crippen molar-refractivity contribution in [3.63, 3.8) is 0 Å². The molecule has 0 bridgehead atoms. The summed E-state index contributed by atoms with van der Waals surface area (Å²) in [7, 11) is 0. The molecule has 9 heteroatoms. The number of para-hydroxylation sites is 2. The summed E-state index contributed by atoms with van der Waals surface area (Å²) in [5.74, 6) is -0.258. The Labute approximate surface area is 208 Å². The Morgan fingerprint density at radius 2 is 2.03 bits per heavy atom. The van der Waals surface area contributed by atoms with Gasteiger partial charge in [-0.2, -0.15) is 0 Å². The van der Waals surface area contributed by atoms with E-state index in [0.29, 0.717) is 17.6 Å². The lowest BCUT2D eigenvalue weighted by atomic mass is 10.2. The molecule has 0 aliphatic carbocycles. The molecule has 1 saturated heterocycles. The Bertz CT molecular complexity index is 1380. The van der Waals surface area contributed by atoms with E-state index in [9.17, 15) is 4.79 Å². The molecule has 1 aliphatic rings. The molecule has 0 saturated carbocycles. The minimum Gasteiger partial charge on any atom is -0.324 e. The molecule has 180 valence electrons. The third-order valence-electron chi connectivity index (χ3n) is 5.99. The zero-order chi connectivity index (χ0) is 24.0. The van der Waals surface area contributed by atoms with Gasteiger partial charge in [-0.05, 0) is 25.5 Å². The van der Waals surface area contributed by atoms with Gasteiger partial charge >= 0.3 is 0 Å². The molecule has 1 aromatic carbocycles. The van der Waals surface area contributed by atoms with Gasteiger partial charge in [0.15, 0.2) is 4.96 Å². The maximum absolute atomic E-state index is 13.0. The van der Waals surface area contributed by atoms with Crippen LogP contribution >= 0.6 is 11.3 Å². The Kier molecular flexibility index (Phi) is 7.27. The molecular weight excluding hydrogens is 458 g/mol. The van der Waals surface area contributed by atoms with Gasteiger partial charge in [0.25, 0.3) is 5.91 Å². The molecule has 1 aliphatic heterocycles. The van der Waals surface area contributed by atoms with E-state index in [2.05, 4.69) is 53.6 Å². The molecule has 4 aromatic rings. The predicted octanol–water partition coefficient (Wildman–Crippen LogP) is 3.57. The number of benzene rings is 1. The molecule has 1 amide bonds. The van der Waals surface area contributed by atoms with Gasteiger partial charge in [0.2, 0.25) is 0 Å². The van der Waals surface area contributed by atoms with Crippen LogP contribution in [0, 0.1) is 0 Å². The fourth-order valence-electron chi connectivity index (χ4n) is 4.16. The summed E-state index contributed by atoms with van der Waals surface area (Å²) >= 11 is 1.63. The van der Waals surface area contributed by atoms with Crippen LogP contribution in [0.15, 0.2) is 66.0 Å². The molecule has 0 radical (unpaired) electrons. The minimum absolute atomic E-state index is 0.258. The van der Waals surface area contributed by atoms with Crippen molar-refractivity contribution in [3.8, 4) is 0 Å². The van der Waals surface area contributed by atoms with Crippen LogP contribution in [0.3, 0.4) is 0 Å². The van der Waals surface area contributed by atoms with Crippen LogP contribution in [0.1, 0.15) is 35.2 Å². The standard InChI is InChI=1S/C26H29N7OS/c1-2-3-4-7-19(29-25(34)24-15-28-22-8-5-6-9-23(22)31-24)14-21-18-35-26-30-20(17-33(21)26)16-32-12-10-27-11-13-32/h2-3,5-9,15,17-18,27H,4,10-14,16H2,1H3,(H,29,34)/b3-2-,19-7+. The Morgan fingerprint density at radius 1 is 1.20 bits per heavy atom. The van der Waals surface area contributed by atoms with Crippen LogP contribution in [0.5, 0.6) is 0 Å². The summed E-state index contributed by atoms with van der Waals surface area (Å²) in [5.41, 5.74) is 4.78. The predicted molar refractivity (Wildman–Crippen MR) is 139 cm³/mol. The molecular formula is C26H29N7OS. The highest BCUT2D eigenvalue weighted by molar-refractivity contribution is 7.15. The van der Waals surface area contributed by atoms with Gasteiger partial charge in [-0.15, -0.1) is 11.3 Å². The first-order valence-electron chi connectivity index (χ1n) is 11.9. The van der Waals surface area contributed by atoms with E-state index >= 15 is 0 Å². The van der Waals surface area contributed by atoms with Gasteiger partial charge in [-0.3, -0.25) is 19.1 Å². The normalized spacial score (nSPS) is 15.4. The van der Waals surface area contributed by atoms with Gasteiger partial charge in [0.1, 0.15) is 5.69 Å². The van der Waals surface area contributed by atoms with Crippen molar-refractivity contribution in [2.24, 2.45) is 0 Å². The second kappa shape index (κ2) is 10.9. The van der Waals surface area contributed by atoms with E-state index in [4.69, 9.17) is 4.98 Å². The average Bonchev–Trinajstić information content (AvgIpc) is 3.45. The van der Waals surface area contributed by atoms with E-state index in [1.807, 2.05) is 37.3 Å². The van der Waals surface area contributed by atoms with E-state index in [1.165, 1.54) is 6.20 Å². The van der Waals surface area contributed by atoms with Crippen LogP contribution < -0.4 is 10.6 Å². The van der Waals surface area contributed by atoms with Crippen LogP contribution in [0.2, 0.25) is 0 Å². The molecule has 1 fully saturated rings. The summed E-state index contributed by atoms with van der Waals surface area (Å²) in [5, 5.41) is 8.58. The largest absolute Gasteiger partial charge is 0.324 e. The molecule has 3 aromatic heterocycles. The number of fused-ring (bicyclic) bond motifs is 2. The van der Waals surface area contributed by atoms with Crippen molar-refractivity contribution in [1.29, 1.82) is 0 Å². The summed E-state index contributed by atoms with van der Waals surface area (Å²) in [6, 6.07) is 7.55. The van der Waals surface area contributed by atoms with Crippen molar-refractivity contribution in [3.05, 3.63) is 83.0 Å². The van der Waals surface area contributed by atoms with Crippen molar-refractivity contribution in [1.82, 2.24) is 34.9 Å². The summed E-state index contributed by atoms with van der Waals surface area (Å²) in [4.78, 5) is 30.2. The Morgan fingerprint density at radius 3 is 2.86 bits per heavy atom. The highest BCUT2D eigenvalue weighted by Gasteiger charge is 2.16. The molecule has 0 atom stereocenters. The highest BCUT2D eigenvalue weighted by atomic mass is 32.1. The van der Waals surface area contributed by atoms with Crippen molar-refractivity contribution in [2.75, 3.05) is 26.2 Å². The maximum Gasteiger partial charge on any atom is 0.275 e. The summed E-state index contributed by atoms with van der Waals surface area (Å²) in [6.07, 6.45) is 11.1. The first-order valence-corrected chi connectivity index (χ1v) is 12.8. The number of amides is 1. The molecule has 4 heterocycles. The van der Waals surface area contributed by atoms with Gasteiger partial charge in [0, 0.05) is 62.1 Å². The average molecular weight is 488 g/mol. The van der Waals surface area contributed by atoms with Crippen LogP contribution in [0.25, 0.3) is 16.0 Å². The van der Waals surface area contributed by atoms with E-state index in [-0.39, 0.29) is 5.91 Å². The Hall–Kier alpha value is -3.40. The number of nitrogens with one attached hydrogen (secondary N) is 2. The van der Waals surface area contributed by atoms with Crippen LogP contribution in [0.4, 0.5) is 0 Å². The molecule has 35 heavy (non-hydrogen) atoms. The van der Waals surface area contributed by atoms with E-state index in [0.717, 1.165) is 66.7 Å². The van der Waals surface area contributed by atoms with Crippen molar-refractivity contribution in [2.45, 2.75) is 26.3 Å². The lowest BCUT2D eigenvalue weighted by Crippen LogP contribution is -2.42. The number of carbonyl (C=O) groups excluding carboxylic acids is 1. The van der Waals surface area contributed by atoms with Crippen molar-refractivity contribution < 1.29 is 4.79 Å². The third-order valence-corrected chi connectivity index (χ3v) is 6.88. The smallest absolute Gasteiger partial charge is 0.275 e. The van der Waals surface area contributed by atoms with Gasteiger partial charge in [-0.25, -0.2) is 9.97 Å². The SMILES string of the molecule is C/C=C\C/C=C(\Cc1csc2nc(CN3CCNCC3)cn12)NC(=O)c1cnc2ccccc2n1. The first-order chi connectivity index (χ1) is 17.2. The lowest BCUT2D eigenvalue weighted by Gasteiger charge is -2.26. The number of thiazole rings is 1. The number of nitrogens with zero attached hydrogens (tertiary/aromatic N) is 5. The number of carbonyl (C=O) groups is 1. The Balaban J connectivity index is 1.34. The number of piperazine rings is 1. The highest BCUT2D eigenvalue weighted by Crippen LogP contribution is 2.20. The number of imidazole rings is 1. The summed E-state index contributed by atoms with van der Waals surface area (Å²) in [6.45, 7) is 6.98.